The number of hydrogen-bond acceptors (Lipinski definition) is 7. The summed E-state index contributed by atoms with van der Waals surface area (Å²) in [6.07, 6.45) is 6.05. The summed E-state index contributed by atoms with van der Waals surface area (Å²) in [7, 11) is 0. The Labute approximate surface area is 157 Å². The first kappa shape index (κ1) is 18.8. The van der Waals surface area contributed by atoms with Crippen LogP contribution in [-0.4, -0.2) is 47.9 Å². The molecule has 4 saturated heterocycles. The van der Waals surface area contributed by atoms with Crippen molar-refractivity contribution in [2.45, 2.75) is 49.7 Å². The number of aliphatic carboxylic acids is 1. The second-order valence-corrected chi connectivity index (χ2v) is 7.68. The van der Waals surface area contributed by atoms with E-state index in [2.05, 4.69) is 13.2 Å². The van der Waals surface area contributed by atoms with Crippen LogP contribution in [0.2, 0.25) is 0 Å². The van der Waals surface area contributed by atoms with Gasteiger partial charge in [0.05, 0.1) is 6.21 Å². The van der Waals surface area contributed by atoms with E-state index in [1.54, 1.807) is 6.08 Å². The third-order valence-corrected chi connectivity index (χ3v) is 6.50. The molecule has 4 heterocycles. The maximum Gasteiger partial charge on any atom is 0.329 e. The van der Waals surface area contributed by atoms with E-state index in [1.807, 2.05) is 6.08 Å². The molecule has 2 N–H and O–H groups in total. The minimum Gasteiger partial charge on any atom is -0.480 e. The van der Waals surface area contributed by atoms with Crippen molar-refractivity contribution in [1.29, 1.82) is 5.41 Å². The van der Waals surface area contributed by atoms with Crippen molar-refractivity contribution in [3.05, 3.63) is 25.3 Å². The first-order valence-corrected chi connectivity index (χ1v) is 9.30. The summed E-state index contributed by atoms with van der Waals surface area (Å²) < 4.78 is 17.7. The summed E-state index contributed by atoms with van der Waals surface area (Å²) in [6.45, 7) is 7.42. The SMILES string of the molecule is C=C[C@@H]1CCC2[C@@H](C=C)[C@@H](OCC(=O)O)O[C@@H]3O[C@@]4(C=N)CCC1[C@@]23OO4. The Hall–Kier alpha value is -1.58. The lowest BCUT2D eigenvalue weighted by Gasteiger charge is -2.60. The minimum atomic E-state index is -1.30. The van der Waals surface area contributed by atoms with E-state index >= 15 is 0 Å². The van der Waals surface area contributed by atoms with Gasteiger partial charge in [0.15, 0.2) is 18.2 Å². The van der Waals surface area contributed by atoms with E-state index in [4.69, 9.17) is 34.5 Å². The molecule has 8 heteroatoms. The van der Waals surface area contributed by atoms with E-state index < -0.39 is 36.5 Å². The number of nitrogens with one attached hydrogen (secondary N) is 1. The van der Waals surface area contributed by atoms with Gasteiger partial charge < -0.3 is 24.7 Å². The molecular weight excluding hydrogens is 354 g/mol. The Morgan fingerprint density at radius 3 is 2.70 bits per heavy atom. The molecule has 4 aliphatic heterocycles. The van der Waals surface area contributed by atoms with Crippen molar-refractivity contribution in [1.82, 2.24) is 0 Å². The summed E-state index contributed by atoms with van der Waals surface area (Å²) in [5.41, 5.74) is -0.873. The average Bonchev–Trinajstić information content (AvgIpc) is 2.93. The molecular formula is C19H25NO7. The molecule has 1 saturated carbocycles. The lowest BCUT2D eigenvalue weighted by Crippen LogP contribution is -2.71. The lowest BCUT2D eigenvalue weighted by molar-refractivity contribution is -0.564. The van der Waals surface area contributed by atoms with Gasteiger partial charge in [-0.15, -0.1) is 13.2 Å². The van der Waals surface area contributed by atoms with Gasteiger partial charge in [0.25, 0.3) is 0 Å². The number of carboxylic acids is 1. The van der Waals surface area contributed by atoms with Gasteiger partial charge in [-0.1, -0.05) is 12.2 Å². The molecule has 27 heavy (non-hydrogen) atoms. The average molecular weight is 379 g/mol. The van der Waals surface area contributed by atoms with E-state index in [1.165, 1.54) is 0 Å². The molecule has 0 aromatic heterocycles. The molecule has 5 fully saturated rings. The van der Waals surface area contributed by atoms with Crippen LogP contribution in [0.1, 0.15) is 25.7 Å². The zero-order chi connectivity index (χ0) is 19.2. The third kappa shape index (κ3) is 2.70. The van der Waals surface area contributed by atoms with Crippen molar-refractivity contribution in [2.24, 2.45) is 23.7 Å². The standard InChI is InChI=1S/C19H25NO7/c1-3-11-5-6-14-12(4-2)16(23-9-15(21)22)24-17-19(14)13(11)7-8-18(10-20,25-17)26-27-19/h3-4,10-14,16-17,20H,1-2,5-9H2,(H,21,22)/t11-,12-,13?,14?,16+,17-,18+,19-/m1/s1. The van der Waals surface area contributed by atoms with Gasteiger partial charge >= 0.3 is 5.97 Å². The van der Waals surface area contributed by atoms with Gasteiger partial charge in [-0.05, 0) is 25.2 Å². The molecule has 5 aliphatic rings. The highest BCUT2D eigenvalue weighted by Gasteiger charge is 2.70. The van der Waals surface area contributed by atoms with E-state index in [9.17, 15) is 4.79 Å². The van der Waals surface area contributed by atoms with Crippen LogP contribution in [-0.2, 0) is 28.8 Å². The number of fused-ring (bicyclic) bond motifs is 2. The Morgan fingerprint density at radius 1 is 1.22 bits per heavy atom. The van der Waals surface area contributed by atoms with Gasteiger partial charge in [0, 0.05) is 24.2 Å². The van der Waals surface area contributed by atoms with Crippen LogP contribution in [0.4, 0.5) is 0 Å². The second kappa shape index (κ2) is 6.79. The monoisotopic (exact) mass is 379 g/mol. The van der Waals surface area contributed by atoms with Crippen molar-refractivity contribution >= 4 is 12.2 Å². The quantitative estimate of drug-likeness (QED) is 0.414. The maximum atomic E-state index is 11.0. The smallest absolute Gasteiger partial charge is 0.329 e. The van der Waals surface area contributed by atoms with Gasteiger partial charge in [-0.2, -0.15) is 4.89 Å². The van der Waals surface area contributed by atoms with Gasteiger partial charge in [0.2, 0.25) is 5.79 Å². The molecule has 2 bridgehead atoms. The number of ether oxygens (including phenoxy) is 3. The molecule has 0 radical (unpaired) electrons. The van der Waals surface area contributed by atoms with Crippen LogP contribution in [0.15, 0.2) is 25.3 Å². The Kier molecular flexibility index (Phi) is 4.72. The molecule has 5 rings (SSSR count). The van der Waals surface area contributed by atoms with Gasteiger partial charge in [-0.25, -0.2) is 9.68 Å². The molecule has 8 atom stereocenters. The fourth-order valence-electron chi connectivity index (χ4n) is 5.27. The predicted octanol–water partition coefficient (Wildman–Crippen LogP) is 2.26. The number of carbonyl (C=O) groups is 1. The summed E-state index contributed by atoms with van der Waals surface area (Å²) in [4.78, 5) is 22.6. The van der Waals surface area contributed by atoms with Crippen LogP contribution < -0.4 is 0 Å². The number of allylic oxidation sites excluding steroid dienone is 1. The van der Waals surface area contributed by atoms with Gasteiger partial charge in [0.1, 0.15) is 6.61 Å². The van der Waals surface area contributed by atoms with Crippen molar-refractivity contribution in [3.8, 4) is 0 Å². The van der Waals surface area contributed by atoms with Crippen molar-refractivity contribution in [3.63, 3.8) is 0 Å². The zero-order valence-corrected chi connectivity index (χ0v) is 15.0. The second-order valence-electron chi connectivity index (χ2n) is 7.68. The van der Waals surface area contributed by atoms with Crippen LogP contribution in [0, 0.1) is 29.1 Å². The Balaban J connectivity index is 1.75. The van der Waals surface area contributed by atoms with E-state index in [0.717, 1.165) is 25.5 Å². The molecule has 148 valence electrons. The van der Waals surface area contributed by atoms with Crippen molar-refractivity contribution in [2.75, 3.05) is 6.61 Å². The van der Waals surface area contributed by atoms with Crippen LogP contribution >= 0.6 is 0 Å². The highest BCUT2D eigenvalue weighted by Crippen LogP contribution is 2.60. The van der Waals surface area contributed by atoms with Crippen LogP contribution in [0.5, 0.6) is 0 Å². The molecule has 0 aromatic rings. The number of carboxylic acid groups (broad SMARTS) is 1. The molecule has 1 aliphatic carbocycles. The van der Waals surface area contributed by atoms with Gasteiger partial charge in [-0.3, -0.25) is 0 Å². The zero-order valence-electron chi connectivity index (χ0n) is 15.0. The summed E-state index contributed by atoms with van der Waals surface area (Å²) in [6, 6.07) is 0. The largest absolute Gasteiger partial charge is 0.480 e. The Bertz CT molecular complexity index is 654. The first-order chi connectivity index (χ1) is 13.0. The normalized spacial score (nSPS) is 48.1. The molecule has 8 nitrogen and oxygen atoms in total. The van der Waals surface area contributed by atoms with E-state index in [0.29, 0.717) is 6.42 Å². The minimum absolute atomic E-state index is 0.0472. The lowest BCUT2D eigenvalue weighted by atomic mass is 9.57. The predicted molar refractivity (Wildman–Crippen MR) is 92.6 cm³/mol. The topological polar surface area (TPSA) is 107 Å². The third-order valence-electron chi connectivity index (χ3n) is 6.50. The fourth-order valence-corrected chi connectivity index (χ4v) is 5.27. The van der Waals surface area contributed by atoms with E-state index in [-0.39, 0.29) is 23.7 Å². The molecule has 2 unspecified atom stereocenters. The number of hydrogen-bond donors (Lipinski definition) is 2. The summed E-state index contributed by atoms with van der Waals surface area (Å²) in [5, 5.41) is 16.7. The summed E-state index contributed by atoms with van der Waals surface area (Å²) in [5.74, 6) is -2.47. The first-order valence-electron chi connectivity index (χ1n) is 9.30. The fraction of sp³-hybridized carbons (Fsp3) is 0.684. The highest BCUT2D eigenvalue weighted by molar-refractivity contribution is 5.68. The van der Waals surface area contributed by atoms with Crippen LogP contribution in [0.3, 0.4) is 0 Å². The maximum absolute atomic E-state index is 11.0. The highest BCUT2D eigenvalue weighted by atomic mass is 17.3. The molecule has 0 aromatic carbocycles. The summed E-state index contributed by atoms with van der Waals surface area (Å²) >= 11 is 0. The molecule has 1 spiro atoms. The van der Waals surface area contributed by atoms with Crippen molar-refractivity contribution < 1.29 is 33.9 Å². The number of rotatable bonds is 6. The Morgan fingerprint density at radius 2 is 2.04 bits per heavy atom. The molecule has 0 amide bonds. The van der Waals surface area contributed by atoms with Crippen LogP contribution in [0.25, 0.3) is 0 Å².